The number of nitrogens with zero attached hydrogens (tertiary/aromatic N) is 5. The molecule has 2 aliphatic heterocycles. The average Bonchev–Trinajstić information content (AvgIpc) is 2.78. The summed E-state index contributed by atoms with van der Waals surface area (Å²) in [6.07, 6.45) is 3.48. The molecule has 2 saturated heterocycles. The lowest BCUT2D eigenvalue weighted by Gasteiger charge is -2.47. The predicted octanol–water partition coefficient (Wildman–Crippen LogP) is 0.819. The van der Waals surface area contributed by atoms with Gasteiger partial charge in [0, 0.05) is 38.3 Å². The molecule has 3 heterocycles. The third kappa shape index (κ3) is 5.14. The number of halogens is 1. The van der Waals surface area contributed by atoms with Crippen molar-refractivity contribution in [3.8, 4) is 0 Å². The number of hydrogen-bond donors (Lipinski definition) is 3. The molecule has 1 amide bonds. The Kier molecular flexibility index (Phi) is 8.10. The number of anilines is 2. The molecule has 9 nitrogen and oxygen atoms in total. The van der Waals surface area contributed by atoms with Gasteiger partial charge in [-0.1, -0.05) is 25.4 Å². The number of aliphatic hydroxyl groups excluding tert-OH is 1. The normalized spacial score (nSPS) is 21.7. The van der Waals surface area contributed by atoms with Gasteiger partial charge in [0.15, 0.2) is 22.5 Å². The Bertz CT molecular complexity index is 727. The van der Waals surface area contributed by atoms with Crippen LogP contribution in [0.3, 0.4) is 0 Å². The third-order valence-corrected chi connectivity index (χ3v) is 6.50. The monoisotopic (exact) mass is 439 g/mol. The zero-order valence-corrected chi connectivity index (χ0v) is 18.7. The first-order chi connectivity index (χ1) is 14.5. The van der Waals surface area contributed by atoms with Crippen molar-refractivity contribution < 1.29 is 9.90 Å². The number of amides is 1. The number of nitrogens with two attached hydrogens (primary N) is 1. The summed E-state index contributed by atoms with van der Waals surface area (Å²) in [4.78, 5) is 28.1. The van der Waals surface area contributed by atoms with E-state index in [4.69, 9.17) is 22.4 Å². The van der Waals surface area contributed by atoms with Crippen LogP contribution in [0.1, 0.15) is 43.6 Å². The molecule has 4 N–H and O–H groups in total. The van der Waals surface area contributed by atoms with Crippen LogP contribution in [-0.2, 0) is 0 Å². The number of likely N-dealkylation sites (tertiary alicyclic amines) is 1. The second-order valence-electron chi connectivity index (χ2n) is 7.96. The molecular formula is C20H34ClN7O2. The van der Waals surface area contributed by atoms with E-state index >= 15 is 0 Å². The smallest absolute Gasteiger partial charge is 0.273 e. The fraction of sp³-hybridized carbons (Fsp3) is 0.750. The molecule has 168 valence electrons. The van der Waals surface area contributed by atoms with E-state index in [-0.39, 0.29) is 29.8 Å². The van der Waals surface area contributed by atoms with E-state index in [0.29, 0.717) is 17.9 Å². The zero-order chi connectivity index (χ0) is 21.7. The number of piperazine rings is 1. The zero-order valence-electron chi connectivity index (χ0n) is 18.0. The Morgan fingerprint density at radius 1 is 1.23 bits per heavy atom. The number of carbonyl (C=O) groups is 1. The Morgan fingerprint density at radius 3 is 2.60 bits per heavy atom. The van der Waals surface area contributed by atoms with Crippen LogP contribution >= 0.6 is 11.6 Å². The number of hydrogen-bond acceptors (Lipinski definition) is 8. The van der Waals surface area contributed by atoms with Gasteiger partial charge in [-0.2, -0.15) is 0 Å². The fourth-order valence-corrected chi connectivity index (χ4v) is 4.76. The summed E-state index contributed by atoms with van der Waals surface area (Å²) < 4.78 is 0. The van der Waals surface area contributed by atoms with Crippen LogP contribution in [0, 0.1) is 0 Å². The average molecular weight is 440 g/mol. The number of nitrogens with one attached hydrogen (secondary N) is 1. The van der Waals surface area contributed by atoms with Crippen LogP contribution in [0.15, 0.2) is 0 Å². The summed E-state index contributed by atoms with van der Waals surface area (Å²) in [6, 6.07) is 1.05. The lowest BCUT2D eigenvalue weighted by molar-refractivity contribution is 0.0647. The molecular weight excluding hydrogens is 406 g/mol. The Labute approximate surface area is 183 Å². The van der Waals surface area contributed by atoms with Gasteiger partial charge >= 0.3 is 0 Å². The van der Waals surface area contributed by atoms with Crippen molar-refractivity contribution in [2.24, 2.45) is 0 Å². The summed E-state index contributed by atoms with van der Waals surface area (Å²) in [6.45, 7) is 10.4. The molecule has 0 spiro atoms. The van der Waals surface area contributed by atoms with Crippen LogP contribution in [0.4, 0.5) is 11.6 Å². The number of aromatic nitrogens is 2. The van der Waals surface area contributed by atoms with E-state index in [9.17, 15) is 4.79 Å². The Balaban J connectivity index is 1.69. The largest absolute Gasteiger partial charge is 0.395 e. The van der Waals surface area contributed by atoms with E-state index < -0.39 is 5.91 Å². The maximum atomic E-state index is 12.1. The topological polar surface area (TPSA) is 111 Å². The predicted molar refractivity (Wildman–Crippen MR) is 119 cm³/mol. The minimum Gasteiger partial charge on any atom is -0.395 e. The Morgan fingerprint density at radius 2 is 1.97 bits per heavy atom. The first kappa shape index (κ1) is 23.0. The van der Waals surface area contributed by atoms with Crippen molar-refractivity contribution in [1.82, 2.24) is 25.1 Å². The second-order valence-corrected chi connectivity index (χ2v) is 8.32. The Hall–Kier alpha value is -1.68. The van der Waals surface area contributed by atoms with Gasteiger partial charge in [0.05, 0.1) is 6.61 Å². The molecule has 1 aromatic heterocycles. The summed E-state index contributed by atoms with van der Waals surface area (Å²) in [7, 11) is 0. The molecule has 2 aliphatic rings. The molecule has 10 heteroatoms. The van der Waals surface area contributed by atoms with Crippen LogP contribution in [0.5, 0.6) is 0 Å². The van der Waals surface area contributed by atoms with Crippen molar-refractivity contribution >= 4 is 29.1 Å². The SMILES string of the molecule is CCC1CN(c2nc(N)c(C(=O)NCCO)nc2Cl)CCN1C1CCN(CC)CC1. The number of piperidine rings is 1. The van der Waals surface area contributed by atoms with Gasteiger partial charge < -0.3 is 26.0 Å². The van der Waals surface area contributed by atoms with E-state index in [1.54, 1.807) is 0 Å². The molecule has 0 aromatic carbocycles. The highest BCUT2D eigenvalue weighted by Gasteiger charge is 2.34. The van der Waals surface area contributed by atoms with Crippen LogP contribution in [0.25, 0.3) is 0 Å². The molecule has 30 heavy (non-hydrogen) atoms. The first-order valence-electron chi connectivity index (χ1n) is 10.9. The molecule has 1 aromatic rings. The van der Waals surface area contributed by atoms with Gasteiger partial charge in [0.25, 0.3) is 5.91 Å². The molecule has 2 fully saturated rings. The van der Waals surface area contributed by atoms with Crippen molar-refractivity contribution in [3.05, 3.63) is 10.8 Å². The molecule has 0 saturated carbocycles. The highest BCUT2D eigenvalue weighted by molar-refractivity contribution is 6.32. The standard InChI is InChI=1S/C20H34ClN7O2/c1-3-14-13-27(10-11-28(14)15-5-8-26(4-2)9-6-15)19-17(21)24-16(18(22)25-19)20(30)23-7-12-29/h14-15,29H,3-13H2,1-2H3,(H2,22,25)(H,23,30). The number of carbonyl (C=O) groups excluding carboxylic acids is 1. The minimum absolute atomic E-state index is 0.00874. The van der Waals surface area contributed by atoms with Crippen LogP contribution in [0.2, 0.25) is 5.15 Å². The van der Waals surface area contributed by atoms with Gasteiger partial charge in [0.2, 0.25) is 0 Å². The highest BCUT2D eigenvalue weighted by atomic mass is 35.5. The van der Waals surface area contributed by atoms with Crippen molar-refractivity contribution in [3.63, 3.8) is 0 Å². The molecule has 1 atom stereocenters. The first-order valence-corrected chi connectivity index (χ1v) is 11.3. The molecule has 0 bridgehead atoms. The lowest BCUT2D eigenvalue weighted by atomic mass is 9.98. The van der Waals surface area contributed by atoms with E-state index in [0.717, 1.165) is 32.6 Å². The van der Waals surface area contributed by atoms with Gasteiger partial charge in [-0.15, -0.1) is 0 Å². The number of nitrogen functional groups attached to an aromatic ring is 1. The summed E-state index contributed by atoms with van der Waals surface area (Å²) >= 11 is 6.40. The van der Waals surface area contributed by atoms with Crippen molar-refractivity contribution in [1.29, 1.82) is 0 Å². The molecule has 3 rings (SSSR count). The minimum atomic E-state index is -0.489. The van der Waals surface area contributed by atoms with Gasteiger partial charge in [0.1, 0.15) is 0 Å². The number of aliphatic hydroxyl groups is 1. The quantitative estimate of drug-likeness (QED) is 0.572. The molecule has 0 radical (unpaired) electrons. The van der Waals surface area contributed by atoms with Crippen LogP contribution in [-0.4, -0.2) is 95.3 Å². The van der Waals surface area contributed by atoms with E-state index in [1.165, 1.54) is 25.9 Å². The second kappa shape index (κ2) is 10.6. The van der Waals surface area contributed by atoms with Crippen molar-refractivity contribution in [2.45, 2.75) is 45.2 Å². The fourth-order valence-electron chi connectivity index (χ4n) is 4.51. The summed E-state index contributed by atoms with van der Waals surface area (Å²) in [5.41, 5.74) is 6.00. The summed E-state index contributed by atoms with van der Waals surface area (Å²) in [5, 5.41) is 11.6. The van der Waals surface area contributed by atoms with Gasteiger partial charge in [-0.05, 0) is 38.9 Å². The highest BCUT2D eigenvalue weighted by Crippen LogP contribution is 2.29. The molecule has 0 aliphatic carbocycles. The van der Waals surface area contributed by atoms with Crippen molar-refractivity contribution in [2.75, 3.05) is 63.1 Å². The lowest BCUT2D eigenvalue weighted by Crippen LogP contribution is -2.58. The van der Waals surface area contributed by atoms with Gasteiger partial charge in [-0.3, -0.25) is 9.69 Å². The van der Waals surface area contributed by atoms with E-state index in [1.807, 2.05) is 0 Å². The van der Waals surface area contributed by atoms with E-state index in [2.05, 4.69) is 43.8 Å². The number of rotatable bonds is 7. The maximum Gasteiger partial charge on any atom is 0.273 e. The summed E-state index contributed by atoms with van der Waals surface area (Å²) in [5.74, 6) is 0.0937. The van der Waals surface area contributed by atoms with Gasteiger partial charge in [-0.25, -0.2) is 9.97 Å². The molecule has 1 unspecified atom stereocenters. The van der Waals surface area contributed by atoms with Crippen LogP contribution < -0.4 is 16.0 Å². The third-order valence-electron chi connectivity index (χ3n) is 6.25. The maximum absolute atomic E-state index is 12.1.